The average molecular weight is 272 g/mol. The van der Waals surface area contributed by atoms with Gasteiger partial charge < -0.3 is 20.6 Å². The van der Waals surface area contributed by atoms with Crippen LogP contribution >= 0.6 is 11.3 Å². The Bertz CT molecular complexity index is 471. The fourth-order valence-corrected chi connectivity index (χ4v) is 1.76. The fraction of sp³-hybridized carbons (Fsp3) is 0.333. The van der Waals surface area contributed by atoms with E-state index in [4.69, 9.17) is 5.11 Å². The summed E-state index contributed by atoms with van der Waals surface area (Å²) in [5.41, 5.74) is -0.183. The van der Waals surface area contributed by atoms with Gasteiger partial charge in [0.2, 0.25) is 11.6 Å². The average Bonchev–Trinajstić information content (AvgIpc) is 2.73. The highest BCUT2D eigenvalue weighted by Gasteiger charge is 2.17. The molecular weight excluding hydrogens is 260 g/mol. The van der Waals surface area contributed by atoms with E-state index >= 15 is 0 Å². The third-order valence-electron chi connectivity index (χ3n) is 1.72. The minimum absolute atomic E-state index is 0.133. The highest BCUT2D eigenvalue weighted by molar-refractivity contribution is 7.14. The first kappa shape index (κ1) is 14.1. The van der Waals surface area contributed by atoms with E-state index in [1.807, 2.05) is 0 Å². The van der Waals surface area contributed by atoms with E-state index < -0.39 is 5.97 Å². The van der Waals surface area contributed by atoms with Crippen molar-refractivity contribution in [2.45, 2.75) is 0 Å². The maximum atomic E-state index is 11.3. The van der Waals surface area contributed by atoms with Crippen molar-refractivity contribution in [2.24, 2.45) is 5.16 Å². The standard InChI is InChI=1S/C9H12N4O4S/c1-10-3-6(14)12-9-11-5(4-18-9)7(8(15)16)13-17-2/h4,10H,3H2,1-2H3,(H,15,16)(H,11,12,14)/b13-7-. The number of carbonyl (C=O) groups excluding carboxylic acids is 1. The number of thiazole rings is 1. The van der Waals surface area contributed by atoms with Gasteiger partial charge in [0.15, 0.2) is 5.13 Å². The topological polar surface area (TPSA) is 113 Å². The number of hydrogen-bond acceptors (Lipinski definition) is 7. The van der Waals surface area contributed by atoms with E-state index in [1.54, 1.807) is 7.05 Å². The quantitative estimate of drug-likeness (QED) is 0.485. The summed E-state index contributed by atoms with van der Waals surface area (Å²) in [5.74, 6) is -1.52. The number of nitrogens with one attached hydrogen (secondary N) is 2. The first-order valence-electron chi connectivity index (χ1n) is 4.83. The van der Waals surface area contributed by atoms with Crippen LogP contribution in [0.1, 0.15) is 5.69 Å². The highest BCUT2D eigenvalue weighted by Crippen LogP contribution is 2.16. The molecule has 0 fully saturated rings. The smallest absolute Gasteiger partial charge is 0.360 e. The third kappa shape index (κ3) is 3.79. The predicted octanol–water partition coefficient (Wildman–Crippen LogP) is -0.264. The van der Waals surface area contributed by atoms with Gasteiger partial charge in [0.05, 0.1) is 6.54 Å². The Hall–Kier alpha value is -2.00. The fourth-order valence-electron chi connectivity index (χ4n) is 1.05. The molecule has 0 aliphatic carbocycles. The van der Waals surface area contributed by atoms with Crippen LogP contribution in [0, 0.1) is 0 Å². The first-order chi connectivity index (χ1) is 8.58. The first-order valence-corrected chi connectivity index (χ1v) is 5.71. The van der Waals surface area contributed by atoms with Crippen molar-refractivity contribution < 1.29 is 19.5 Å². The lowest BCUT2D eigenvalue weighted by molar-refractivity contribution is -0.129. The number of carboxylic acids is 1. The molecule has 0 aliphatic heterocycles. The van der Waals surface area contributed by atoms with Gasteiger partial charge in [0, 0.05) is 5.38 Å². The van der Waals surface area contributed by atoms with Crippen LogP contribution in [0.4, 0.5) is 5.13 Å². The SMILES string of the molecule is CNCC(=O)Nc1nc(/C(=N/OC)C(=O)O)cs1. The Morgan fingerprint density at radius 1 is 1.61 bits per heavy atom. The van der Waals surface area contributed by atoms with Crippen LogP contribution in [-0.4, -0.2) is 48.4 Å². The molecule has 0 saturated carbocycles. The Morgan fingerprint density at radius 3 is 2.89 bits per heavy atom. The van der Waals surface area contributed by atoms with E-state index in [-0.39, 0.29) is 23.9 Å². The molecule has 9 heteroatoms. The summed E-state index contributed by atoms with van der Waals surface area (Å²) in [6.07, 6.45) is 0. The summed E-state index contributed by atoms with van der Waals surface area (Å²) in [6, 6.07) is 0. The van der Waals surface area contributed by atoms with Crippen molar-refractivity contribution in [3.63, 3.8) is 0 Å². The summed E-state index contributed by atoms with van der Waals surface area (Å²) < 4.78 is 0. The van der Waals surface area contributed by atoms with Gasteiger partial charge in [-0.05, 0) is 7.05 Å². The number of anilines is 1. The number of oxime groups is 1. The lowest BCUT2D eigenvalue weighted by Crippen LogP contribution is -2.25. The Morgan fingerprint density at radius 2 is 2.33 bits per heavy atom. The molecule has 1 aromatic heterocycles. The van der Waals surface area contributed by atoms with Crippen molar-refractivity contribution in [3.8, 4) is 0 Å². The number of amides is 1. The highest BCUT2D eigenvalue weighted by atomic mass is 32.1. The molecule has 1 rings (SSSR count). The lowest BCUT2D eigenvalue weighted by Gasteiger charge is -1.99. The van der Waals surface area contributed by atoms with Crippen LogP contribution in [0.25, 0.3) is 0 Å². The van der Waals surface area contributed by atoms with Gasteiger partial charge in [-0.1, -0.05) is 5.16 Å². The molecule has 0 aromatic carbocycles. The third-order valence-corrected chi connectivity index (χ3v) is 2.47. The van der Waals surface area contributed by atoms with Crippen LogP contribution in [0.3, 0.4) is 0 Å². The van der Waals surface area contributed by atoms with E-state index in [0.29, 0.717) is 5.13 Å². The van der Waals surface area contributed by atoms with Gasteiger partial charge >= 0.3 is 5.97 Å². The monoisotopic (exact) mass is 272 g/mol. The van der Waals surface area contributed by atoms with Crippen molar-refractivity contribution >= 4 is 34.1 Å². The number of nitrogens with zero attached hydrogens (tertiary/aromatic N) is 2. The summed E-state index contributed by atoms with van der Waals surface area (Å²) in [6.45, 7) is 0.146. The summed E-state index contributed by atoms with van der Waals surface area (Å²) in [4.78, 5) is 30.5. The maximum absolute atomic E-state index is 11.3. The van der Waals surface area contributed by atoms with Gasteiger partial charge in [0.25, 0.3) is 0 Å². The number of hydrogen-bond donors (Lipinski definition) is 3. The molecule has 18 heavy (non-hydrogen) atoms. The second kappa shape index (κ2) is 6.67. The molecule has 0 spiro atoms. The van der Waals surface area contributed by atoms with E-state index in [1.165, 1.54) is 12.5 Å². The zero-order chi connectivity index (χ0) is 13.5. The van der Waals surface area contributed by atoms with E-state index in [0.717, 1.165) is 11.3 Å². The second-order valence-corrected chi connectivity index (χ2v) is 3.90. The summed E-state index contributed by atoms with van der Waals surface area (Å²) in [5, 5.41) is 19.2. The number of aliphatic carboxylic acids is 1. The van der Waals surface area contributed by atoms with Gasteiger partial charge in [-0.25, -0.2) is 9.78 Å². The molecule has 3 N–H and O–H groups in total. The second-order valence-electron chi connectivity index (χ2n) is 3.04. The number of aromatic nitrogens is 1. The van der Waals surface area contributed by atoms with Gasteiger partial charge in [-0.2, -0.15) is 0 Å². The molecule has 0 atom stereocenters. The summed E-state index contributed by atoms with van der Waals surface area (Å²) in [7, 11) is 2.88. The molecular formula is C9H12N4O4S. The molecule has 0 bridgehead atoms. The van der Waals surface area contributed by atoms with Crippen molar-refractivity contribution in [1.29, 1.82) is 0 Å². The number of carboxylic acid groups (broad SMARTS) is 1. The largest absolute Gasteiger partial charge is 0.476 e. The molecule has 1 amide bonds. The van der Waals surface area contributed by atoms with Crippen molar-refractivity contribution in [2.75, 3.05) is 26.0 Å². The number of rotatable bonds is 6. The Labute approximate surface area is 107 Å². The molecule has 0 aliphatic rings. The molecule has 0 saturated heterocycles. The normalized spacial score (nSPS) is 11.1. The maximum Gasteiger partial charge on any atom is 0.360 e. The van der Waals surface area contributed by atoms with E-state index in [9.17, 15) is 9.59 Å². The molecule has 0 radical (unpaired) electrons. The van der Waals surface area contributed by atoms with Crippen molar-refractivity contribution in [1.82, 2.24) is 10.3 Å². The Kier molecular flexibility index (Phi) is 5.21. The van der Waals surface area contributed by atoms with E-state index in [2.05, 4.69) is 25.6 Å². The van der Waals surface area contributed by atoms with Gasteiger partial charge in [-0.15, -0.1) is 11.3 Å². The van der Waals surface area contributed by atoms with Crippen LogP contribution in [0.2, 0.25) is 0 Å². The van der Waals surface area contributed by atoms with Crippen molar-refractivity contribution in [3.05, 3.63) is 11.1 Å². The zero-order valence-corrected chi connectivity index (χ0v) is 10.6. The number of carbonyl (C=O) groups is 2. The van der Waals surface area contributed by atoms with Crippen LogP contribution in [0.15, 0.2) is 10.5 Å². The zero-order valence-electron chi connectivity index (χ0n) is 9.76. The lowest BCUT2D eigenvalue weighted by atomic mass is 10.3. The van der Waals surface area contributed by atoms with Crippen LogP contribution in [0.5, 0.6) is 0 Å². The minimum Gasteiger partial charge on any atom is -0.476 e. The number of likely N-dealkylation sites (N-methyl/N-ethyl adjacent to an activating group) is 1. The molecule has 8 nitrogen and oxygen atoms in total. The molecule has 0 unspecified atom stereocenters. The molecule has 1 heterocycles. The minimum atomic E-state index is -1.25. The predicted molar refractivity (Wildman–Crippen MR) is 65.9 cm³/mol. The summed E-state index contributed by atoms with van der Waals surface area (Å²) >= 11 is 1.10. The molecule has 98 valence electrons. The van der Waals surface area contributed by atoms with Gasteiger partial charge in [0.1, 0.15) is 12.8 Å². The van der Waals surface area contributed by atoms with Crippen LogP contribution in [-0.2, 0) is 14.4 Å². The van der Waals surface area contributed by atoms with Crippen LogP contribution < -0.4 is 10.6 Å². The molecule has 1 aromatic rings. The Balaban J connectivity index is 2.82. The van der Waals surface area contributed by atoms with Gasteiger partial charge in [-0.3, -0.25) is 4.79 Å².